The van der Waals surface area contributed by atoms with Gasteiger partial charge in [0.1, 0.15) is 5.82 Å². The Kier molecular flexibility index (Phi) is 4.41. The summed E-state index contributed by atoms with van der Waals surface area (Å²) in [6.45, 7) is 1.84. The number of amides is 1. The number of aromatic nitrogens is 1. The maximum absolute atomic E-state index is 14.1. The third kappa shape index (κ3) is 3.11. The van der Waals surface area contributed by atoms with Crippen molar-refractivity contribution in [3.05, 3.63) is 80.8 Å². The van der Waals surface area contributed by atoms with Gasteiger partial charge >= 0.3 is 0 Å². The first-order chi connectivity index (χ1) is 11.1. The molecule has 0 N–H and O–H groups in total. The Bertz CT molecular complexity index is 946. The predicted octanol–water partition coefficient (Wildman–Crippen LogP) is 4.38. The van der Waals surface area contributed by atoms with E-state index in [1.165, 1.54) is 17.4 Å². The molecule has 0 aliphatic rings. The van der Waals surface area contributed by atoms with Gasteiger partial charge in [-0.3, -0.25) is 9.36 Å². The minimum Gasteiger partial charge on any atom is -0.287 e. The van der Waals surface area contributed by atoms with Crippen molar-refractivity contribution >= 4 is 28.8 Å². The van der Waals surface area contributed by atoms with Crippen LogP contribution in [0.15, 0.2) is 58.9 Å². The van der Waals surface area contributed by atoms with Gasteiger partial charge in [-0.2, -0.15) is 4.99 Å². The van der Waals surface area contributed by atoms with Crippen molar-refractivity contribution in [2.45, 2.75) is 6.92 Å². The molecular weight excluding hydrogens is 335 g/mol. The van der Waals surface area contributed by atoms with E-state index in [1.807, 2.05) is 12.3 Å². The van der Waals surface area contributed by atoms with Crippen molar-refractivity contribution in [1.29, 1.82) is 0 Å². The third-order valence-corrected chi connectivity index (χ3v) is 4.55. The third-order valence-electron chi connectivity index (χ3n) is 3.27. The quantitative estimate of drug-likeness (QED) is 0.678. The molecule has 1 amide bonds. The molecule has 23 heavy (non-hydrogen) atoms. The molecule has 2 aromatic carbocycles. The molecule has 0 fully saturated rings. The summed E-state index contributed by atoms with van der Waals surface area (Å²) >= 11 is 7.30. The maximum Gasteiger partial charge on any atom is 0.281 e. The van der Waals surface area contributed by atoms with Crippen LogP contribution in [0.3, 0.4) is 0 Å². The lowest BCUT2D eigenvalue weighted by Gasteiger charge is -2.07. The Labute approximate surface area is 141 Å². The second-order valence-corrected chi connectivity index (χ2v) is 6.09. The monoisotopic (exact) mass is 346 g/mol. The number of carbonyl (C=O) groups is 1. The molecule has 3 rings (SSSR count). The number of rotatable bonds is 2. The number of hydrogen-bond donors (Lipinski definition) is 0. The van der Waals surface area contributed by atoms with Gasteiger partial charge in [-0.05, 0) is 31.2 Å². The van der Waals surface area contributed by atoms with Crippen molar-refractivity contribution in [3.63, 3.8) is 0 Å². The fourth-order valence-electron chi connectivity index (χ4n) is 2.18. The summed E-state index contributed by atoms with van der Waals surface area (Å²) in [5, 5.41) is 2.16. The number of nitrogens with zero attached hydrogens (tertiary/aromatic N) is 2. The predicted molar refractivity (Wildman–Crippen MR) is 89.7 cm³/mol. The summed E-state index contributed by atoms with van der Waals surface area (Å²) in [7, 11) is 0. The molecular formula is C17H12ClFN2OS. The highest BCUT2D eigenvalue weighted by Gasteiger charge is 2.12. The molecule has 0 unspecified atom stereocenters. The van der Waals surface area contributed by atoms with Crippen LogP contribution in [0.25, 0.3) is 5.69 Å². The van der Waals surface area contributed by atoms with Gasteiger partial charge in [0.05, 0.1) is 16.3 Å². The van der Waals surface area contributed by atoms with Crippen LogP contribution in [0.5, 0.6) is 0 Å². The lowest BCUT2D eigenvalue weighted by Crippen LogP contribution is -2.17. The van der Waals surface area contributed by atoms with E-state index in [4.69, 9.17) is 11.6 Å². The van der Waals surface area contributed by atoms with Crippen LogP contribution in [0, 0.1) is 12.7 Å². The van der Waals surface area contributed by atoms with Gasteiger partial charge in [0.2, 0.25) is 0 Å². The normalized spacial score (nSPS) is 11.7. The zero-order valence-electron chi connectivity index (χ0n) is 12.2. The zero-order valence-corrected chi connectivity index (χ0v) is 13.7. The number of halogens is 2. The summed E-state index contributed by atoms with van der Waals surface area (Å²) in [4.78, 5) is 16.9. The molecule has 0 spiro atoms. The summed E-state index contributed by atoms with van der Waals surface area (Å²) < 4.78 is 15.7. The SMILES string of the molecule is Cc1csc(=NC(=O)c2ccccc2Cl)n1-c1ccccc1F. The van der Waals surface area contributed by atoms with E-state index >= 15 is 0 Å². The number of benzene rings is 2. The van der Waals surface area contributed by atoms with Gasteiger partial charge in [0.25, 0.3) is 5.91 Å². The van der Waals surface area contributed by atoms with E-state index in [0.29, 0.717) is 21.1 Å². The number of thiazole rings is 1. The van der Waals surface area contributed by atoms with Gasteiger partial charge in [0.15, 0.2) is 4.80 Å². The number of hydrogen-bond acceptors (Lipinski definition) is 2. The molecule has 0 saturated carbocycles. The first-order valence-electron chi connectivity index (χ1n) is 6.83. The Morgan fingerprint density at radius 2 is 1.87 bits per heavy atom. The summed E-state index contributed by atoms with van der Waals surface area (Å²) in [5.74, 6) is -0.830. The minimum atomic E-state index is -0.456. The van der Waals surface area contributed by atoms with Gasteiger partial charge < -0.3 is 0 Å². The second kappa shape index (κ2) is 6.48. The fourth-order valence-corrected chi connectivity index (χ4v) is 3.26. The highest BCUT2D eigenvalue weighted by Crippen LogP contribution is 2.17. The molecule has 0 bridgehead atoms. The summed E-state index contributed by atoms with van der Waals surface area (Å²) in [6.07, 6.45) is 0. The van der Waals surface area contributed by atoms with E-state index in [-0.39, 0.29) is 5.82 Å². The largest absolute Gasteiger partial charge is 0.287 e. The number of carbonyl (C=O) groups excluding carboxylic acids is 1. The standard InChI is InChI=1S/C17H12ClFN2OS/c1-11-10-23-17(21(11)15-9-5-4-8-14(15)19)20-16(22)12-6-2-3-7-13(12)18/h2-10H,1H3. The van der Waals surface area contributed by atoms with Crippen LogP contribution in [-0.2, 0) is 0 Å². The molecule has 1 heterocycles. The van der Waals surface area contributed by atoms with Crippen LogP contribution < -0.4 is 4.80 Å². The molecule has 0 saturated heterocycles. The maximum atomic E-state index is 14.1. The van der Waals surface area contributed by atoms with E-state index in [0.717, 1.165) is 5.69 Å². The Hall–Kier alpha value is -2.24. The van der Waals surface area contributed by atoms with Crippen molar-refractivity contribution in [2.75, 3.05) is 0 Å². The van der Waals surface area contributed by atoms with Crippen LogP contribution in [0.2, 0.25) is 5.02 Å². The topological polar surface area (TPSA) is 34.4 Å². The highest BCUT2D eigenvalue weighted by atomic mass is 35.5. The number of para-hydroxylation sites is 1. The Balaban J connectivity index is 2.14. The molecule has 1 aromatic heterocycles. The van der Waals surface area contributed by atoms with Gasteiger partial charge in [-0.15, -0.1) is 11.3 Å². The zero-order chi connectivity index (χ0) is 16.4. The van der Waals surface area contributed by atoms with E-state index < -0.39 is 5.91 Å². The lowest BCUT2D eigenvalue weighted by molar-refractivity contribution is 0.0998. The van der Waals surface area contributed by atoms with Crippen molar-refractivity contribution in [1.82, 2.24) is 4.57 Å². The van der Waals surface area contributed by atoms with Gasteiger partial charge in [-0.25, -0.2) is 4.39 Å². The molecule has 0 aliphatic carbocycles. The fraction of sp³-hybridized carbons (Fsp3) is 0.0588. The molecule has 3 nitrogen and oxygen atoms in total. The second-order valence-electron chi connectivity index (χ2n) is 4.84. The molecule has 0 aliphatic heterocycles. The van der Waals surface area contributed by atoms with Crippen LogP contribution >= 0.6 is 22.9 Å². The van der Waals surface area contributed by atoms with Gasteiger partial charge in [-0.1, -0.05) is 35.9 Å². The minimum absolute atomic E-state index is 0.320. The lowest BCUT2D eigenvalue weighted by atomic mass is 10.2. The van der Waals surface area contributed by atoms with Crippen LogP contribution in [-0.4, -0.2) is 10.5 Å². The smallest absolute Gasteiger partial charge is 0.281 e. The Morgan fingerprint density at radius 1 is 1.17 bits per heavy atom. The number of aryl methyl sites for hydroxylation is 1. The van der Waals surface area contributed by atoms with E-state index in [2.05, 4.69) is 4.99 Å². The van der Waals surface area contributed by atoms with E-state index in [1.54, 1.807) is 47.0 Å². The van der Waals surface area contributed by atoms with Crippen LogP contribution in [0.1, 0.15) is 16.1 Å². The van der Waals surface area contributed by atoms with Crippen molar-refractivity contribution in [3.8, 4) is 5.69 Å². The van der Waals surface area contributed by atoms with Crippen molar-refractivity contribution < 1.29 is 9.18 Å². The van der Waals surface area contributed by atoms with Crippen molar-refractivity contribution in [2.24, 2.45) is 4.99 Å². The molecule has 0 radical (unpaired) electrons. The average molecular weight is 347 g/mol. The van der Waals surface area contributed by atoms with E-state index in [9.17, 15) is 9.18 Å². The summed E-state index contributed by atoms with van der Waals surface area (Å²) in [5.41, 5.74) is 1.48. The highest BCUT2D eigenvalue weighted by molar-refractivity contribution is 7.07. The first-order valence-corrected chi connectivity index (χ1v) is 8.09. The molecule has 116 valence electrons. The average Bonchev–Trinajstić information content (AvgIpc) is 2.89. The summed E-state index contributed by atoms with van der Waals surface area (Å²) in [6, 6.07) is 13.1. The molecule has 6 heteroatoms. The van der Waals surface area contributed by atoms with Crippen LogP contribution in [0.4, 0.5) is 4.39 Å². The molecule has 0 atom stereocenters. The Morgan fingerprint density at radius 3 is 2.61 bits per heavy atom. The molecule has 3 aromatic rings. The first kappa shape index (κ1) is 15.6. The van der Waals surface area contributed by atoms with Gasteiger partial charge in [0, 0.05) is 11.1 Å².